The Kier molecular flexibility index (Phi) is 14.6. The van der Waals surface area contributed by atoms with E-state index in [1.807, 2.05) is 4.90 Å². The molecule has 300 valence electrons. The van der Waals surface area contributed by atoms with E-state index in [9.17, 15) is 14.7 Å². The lowest BCUT2D eigenvalue weighted by atomic mass is 9.79. The van der Waals surface area contributed by atoms with Crippen molar-refractivity contribution in [3.63, 3.8) is 0 Å². The summed E-state index contributed by atoms with van der Waals surface area (Å²) < 4.78 is 23.9. The number of piperazine rings is 1. The fraction of sp³-hybridized carbons (Fsp3) is 0.846. The van der Waals surface area contributed by atoms with Crippen LogP contribution in [0.25, 0.3) is 0 Å². The van der Waals surface area contributed by atoms with Crippen LogP contribution < -0.4 is 0 Å². The van der Waals surface area contributed by atoms with Crippen LogP contribution in [0.2, 0.25) is 0 Å². The highest BCUT2D eigenvalue weighted by Crippen LogP contribution is 2.47. The highest BCUT2D eigenvalue weighted by atomic mass is 16.6. The molecule has 3 saturated heterocycles. The third kappa shape index (κ3) is 10.9. The lowest BCUT2D eigenvalue weighted by Crippen LogP contribution is -2.47. The van der Waals surface area contributed by atoms with Crippen molar-refractivity contribution in [1.29, 1.82) is 0 Å². The van der Waals surface area contributed by atoms with Crippen molar-refractivity contribution in [1.82, 2.24) is 9.80 Å². The van der Waals surface area contributed by atoms with Gasteiger partial charge in [0.25, 0.3) is 0 Å². The number of hydrogen-bond donors (Lipinski definition) is 1. The van der Waals surface area contributed by atoms with E-state index < -0.39 is 6.10 Å². The van der Waals surface area contributed by atoms with Gasteiger partial charge < -0.3 is 33.9 Å². The Morgan fingerprint density at radius 1 is 1.06 bits per heavy atom. The molecule has 1 saturated carbocycles. The topological polar surface area (TPSA) is 101 Å². The molecular formula is C39H92N2O7. The van der Waals surface area contributed by atoms with Gasteiger partial charge in [-0.3, -0.25) is 4.79 Å². The van der Waals surface area contributed by atoms with Gasteiger partial charge in [0.1, 0.15) is 5.78 Å². The second-order valence-electron chi connectivity index (χ2n) is 16.0. The largest absolute Gasteiger partial charge is 0.449 e. The molecule has 9 atom stereocenters. The molecule has 4 rings (SSSR count). The molecule has 0 bridgehead atoms. The summed E-state index contributed by atoms with van der Waals surface area (Å²) >= 11 is 0. The molecule has 9 heteroatoms. The fourth-order valence-electron chi connectivity index (χ4n) is 8.51. The first-order valence-electron chi connectivity index (χ1n) is 18.8. The fourth-order valence-corrected chi connectivity index (χ4v) is 8.51. The van der Waals surface area contributed by atoms with Gasteiger partial charge in [-0.2, -0.15) is 0 Å². The van der Waals surface area contributed by atoms with E-state index in [1.54, 1.807) is 14.0 Å². The number of amides is 1. The molecule has 4 fully saturated rings. The SMILES string of the molecule is CO[C@H]([C@@H](C)[C@H]1O[C@]1(C)C[C@H](C)/C=C/C=C(\C)[C@H]1O[C@@H](CCC(=O)C2CCC(COC(=O)N3CCN(C)CC3)CC2)CC[C@@H]1C)[C@@H](C)O.[HH].[HH].[HH].[HH].[HH].[HH].[HH].[HH].[HH].[HH].[HH].[HH].[HH]. The number of rotatable bonds is 15. The van der Waals surface area contributed by atoms with Crippen LogP contribution in [-0.4, -0.2) is 110 Å². The number of likely N-dealkylation sites (N-methyl/N-ethyl adjacent to an activating group) is 1. The molecule has 0 radical (unpaired) electrons. The van der Waals surface area contributed by atoms with Crippen LogP contribution >= 0.6 is 0 Å². The van der Waals surface area contributed by atoms with E-state index in [2.05, 4.69) is 64.8 Å². The molecule has 1 amide bonds. The maximum atomic E-state index is 13.2. The molecule has 4 aliphatic rings. The second kappa shape index (κ2) is 17.9. The van der Waals surface area contributed by atoms with Crippen LogP contribution in [0.15, 0.2) is 23.8 Å². The van der Waals surface area contributed by atoms with E-state index in [0.29, 0.717) is 36.6 Å². The van der Waals surface area contributed by atoms with Crippen LogP contribution in [0.3, 0.4) is 0 Å². The lowest BCUT2D eigenvalue weighted by molar-refractivity contribution is -0.126. The Hall–Kier alpha value is -1.78. The molecule has 0 aromatic heterocycles. The van der Waals surface area contributed by atoms with Crippen molar-refractivity contribution in [3.05, 3.63) is 23.8 Å². The van der Waals surface area contributed by atoms with Crippen LogP contribution in [0.4, 0.5) is 4.79 Å². The summed E-state index contributed by atoms with van der Waals surface area (Å²) in [6.07, 6.45) is 14.0. The standard InChI is InChI=1S/C39H66N2O7.13H2/c1-26(24-39(6)37(48-39)29(4)36(45-8)30(5)42)10-9-11-27(2)35-28(3)12-17-33(47-35)18-19-34(43)32-15-13-31(14-16-32)25-46-38(44)41-22-20-40(7)21-23-41;;;;;;;;;;;;;/h9-11,26,28-33,35-37,42H,12-25H2,1-8H3;13*1H/b10-9+,27-11+;;;;;;;;;;;;;/t26-,28+,29-,30-,31?,32?,33-,35-,36-,37-,39-;;;;;;;;;;;;;/m1............./s1. The minimum absolute atomic E-state index is 0. The van der Waals surface area contributed by atoms with Crippen LogP contribution in [0, 0.1) is 29.6 Å². The van der Waals surface area contributed by atoms with E-state index >= 15 is 0 Å². The third-order valence-electron chi connectivity index (χ3n) is 11.7. The molecule has 0 aromatic rings. The number of methoxy groups -OCH3 is 1. The van der Waals surface area contributed by atoms with Gasteiger partial charge in [-0.05, 0) is 103 Å². The minimum Gasteiger partial charge on any atom is -0.449 e. The van der Waals surface area contributed by atoms with Gasteiger partial charge in [-0.15, -0.1) is 0 Å². The molecule has 3 aliphatic heterocycles. The van der Waals surface area contributed by atoms with Gasteiger partial charge >= 0.3 is 6.09 Å². The Balaban J connectivity index is -0.000000250. The van der Waals surface area contributed by atoms with Gasteiger partial charge in [-0.1, -0.05) is 39.0 Å². The second-order valence-corrected chi connectivity index (χ2v) is 16.0. The van der Waals surface area contributed by atoms with E-state index in [4.69, 9.17) is 18.9 Å². The van der Waals surface area contributed by atoms with Crippen LogP contribution in [0.5, 0.6) is 0 Å². The third-order valence-corrected chi connectivity index (χ3v) is 11.7. The zero-order chi connectivity index (χ0) is 35.0. The predicted molar refractivity (Wildman–Crippen MR) is 216 cm³/mol. The number of aliphatic hydroxyl groups excluding tert-OH is 1. The monoisotopic (exact) mass is 701 g/mol. The Labute approximate surface area is 310 Å². The zero-order valence-electron chi connectivity index (χ0n) is 31.2. The molecular weight excluding hydrogens is 608 g/mol. The molecule has 1 N–H and O–H groups in total. The Morgan fingerprint density at radius 2 is 1.75 bits per heavy atom. The quantitative estimate of drug-likeness (QED) is 0.133. The molecule has 3 heterocycles. The number of nitrogens with zero attached hydrogens (tertiary/aromatic N) is 2. The van der Waals surface area contributed by atoms with Crippen LogP contribution in [0.1, 0.15) is 118 Å². The first kappa shape index (κ1) is 39.0. The highest BCUT2D eigenvalue weighted by Gasteiger charge is 2.56. The van der Waals surface area contributed by atoms with Gasteiger partial charge in [0.05, 0.1) is 42.7 Å². The van der Waals surface area contributed by atoms with Gasteiger partial charge in [-0.25, -0.2) is 4.79 Å². The normalized spacial score (nSPS) is 34.4. The van der Waals surface area contributed by atoms with Gasteiger partial charge in [0.2, 0.25) is 0 Å². The summed E-state index contributed by atoms with van der Waals surface area (Å²) in [5.74, 6) is 1.78. The number of Topliss-reactive ketones (excluding diaryl/α,β-unsaturated/α-hetero) is 1. The van der Waals surface area contributed by atoms with Crippen LogP contribution in [-0.2, 0) is 23.7 Å². The van der Waals surface area contributed by atoms with Crippen molar-refractivity contribution < 1.29 is 52.2 Å². The zero-order valence-corrected chi connectivity index (χ0v) is 31.2. The van der Waals surface area contributed by atoms with Crippen molar-refractivity contribution in [3.8, 4) is 0 Å². The first-order valence-corrected chi connectivity index (χ1v) is 18.8. The molecule has 1 aliphatic carbocycles. The lowest BCUT2D eigenvalue weighted by Gasteiger charge is -2.36. The molecule has 0 aromatic carbocycles. The summed E-state index contributed by atoms with van der Waals surface area (Å²) in [6, 6.07) is 0. The van der Waals surface area contributed by atoms with Crippen molar-refractivity contribution in [2.75, 3.05) is 46.9 Å². The van der Waals surface area contributed by atoms with Crippen molar-refractivity contribution in [2.45, 2.75) is 135 Å². The molecule has 9 nitrogen and oxygen atoms in total. The van der Waals surface area contributed by atoms with Crippen molar-refractivity contribution >= 4 is 11.9 Å². The van der Waals surface area contributed by atoms with Crippen molar-refractivity contribution in [2.24, 2.45) is 29.6 Å². The number of carbonyl (C=O) groups excluding carboxylic acids is 2. The number of allylic oxidation sites excluding steroid dienone is 3. The average Bonchev–Trinajstić information content (AvgIpc) is 3.73. The van der Waals surface area contributed by atoms with Gasteiger partial charge in [0, 0.05) is 70.1 Å². The maximum Gasteiger partial charge on any atom is 0.409 e. The average molecular weight is 701 g/mol. The smallest absolute Gasteiger partial charge is 0.409 e. The number of ether oxygens (including phenoxy) is 4. The Morgan fingerprint density at radius 3 is 2.40 bits per heavy atom. The summed E-state index contributed by atoms with van der Waals surface area (Å²) in [4.78, 5) is 29.6. The molecule has 0 unspecified atom stereocenters. The predicted octanol–water partition coefficient (Wildman–Crippen LogP) is 9.63. The summed E-state index contributed by atoms with van der Waals surface area (Å²) in [7, 11) is 3.73. The van der Waals surface area contributed by atoms with Gasteiger partial charge in [0.15, 0.2) is 0 Å². The number of aliphatic hydroxyl groups is 1. The number of carbonyl (C=O) groups is 2. The first-order chi connectivity index (χ1) is 22.8. The number of epoxide rings is 1. The van der Waals surface area contributed by atoms with E-state index in [0.717, 1.165) is 77.5 Å². The molecule has 0 spiro atoms. The van der Waals surface area contributed by atoms with E-state index in [1.165, 1.54) is 5.57 Å². The summed E-state index contributed by atoms with van der Waals surface area (Å²) in [6.45, 7) is 16.4. The van der Waals surface area contributed by atoms with E-state index in [-0.39, 0.29) is 66.5 Å². The Bertz CT molecular complexity index is 1140. The highest BCUT2D eigenvalue weighted by molar-refractivity contribution is 5.81. The summed E-state index contributed by atoms with van der Waals surface area (Å²) in [5, 5.41) is 10.1. The summed E-state index contributed by atoms with van der Waals surface area (Å²) in [5.41, 5.74) is 1.03. The molecule has 48 heavy (non-hydrogen) atoms. The maximum absolute atomic E-state index is 13.2. The minimum atomic E-state index is -0.531. The number of ketones is 1. The number of hydrogen-bond acceptors (Lipinski definition) is 8.